The Morgan fingerprint density at radius 2 is 2.05 bits per heavy atom. The largest absolute Gasteiger partial charge is 0.508 e. The third-order valence-electron chi connectivity index (χ3n) is 3.72. The van der Waals surface area contributed by atoms with Crippen LogP contribution in [-0.2, 0) is 0 Å². The van der Waals surface area contributed by atoms with E-state index in [2.05, 4.69) is 5.32 Å². The molecule has 104 valence electrons. The summed E-state index contributed by atoms with van der Waals surface area (Å²) < 4.78 is 0. The molecule has 0 radical (unpaired) electrons. The molecule has 1 saturated carbocycles. The zero-order chi connectivity index (χ0) is 13.8. The summed E-state index contributed by atoms with van der Waals surface area (Å²) >= 11 is 0. The smallest absolute Gasteiger partial charge is 0.255 e. The van der Waals surface area contributed by atoms with Crippen LogP contribution in [0.2, 0.25) is 0 Å². The maximum absolute atomic E-state index is 11.9. The van der Waals surface area contributed by atoms with E-state index < -0.39 is 0 Å². The normalized spacial score (nSPS) is 23.0. The van der Waals surface area contributed by atoms with E-state index in [4.69, 9.17) is 5.73 Å². The van der Waals surface area contributed by atoms with Gasteiger partial charge in [0.25, 0.3) is 5.91 Å². The van der Waals surface area contributed by atoms with Gasteiger partial charge in [-0.3, -0.25) is 4.79 Å². The van der Waals surface area contributed by atoms with Crippen LogP contribution in [0.1, 0.15) is 36.0 Å². The first-order valence-electron chi connectivity index (χ1n) is 6.63. The van der Waals surface area contributed by atoms with Crippen molar-refractivity contribution in [1.29, 1.82) is 0 Å². The quantitative estimate of drug-likeness (QED) is 0.662. The van der Waals surface area contributed by atoms with Crippen molar-refractivity contribution in [3.8, 4) is 11.5 Å². The number of nitrogens with two attached hydrogens (primary N) is 1. The molecule has 1 aromatic carbocycles. The topological polar surface area (TPSA) is 95.6 Å². The summed E-state index contributed by atoms with van der Waals surface area (Å²) in [5.41, 5.74) is 6.19. The molecule has 0 spiro atoms. The molecule has 2 atom stereocenters. The van der Waals surface area contributed by atoms with Crippen molar-refractivity contribution in [1.82, 2.24) is 5.32 Å². The van der Waals surface area contributed by atoms with Gasteiger partial charge in [0.15, 0.2) is 0 Å². The molecule has 5 N–H and O–H groups in total. The Morgan fingerprint density at radius 1 is 1.32 bits per heavy atom. The van der Waals surface area contributed by atoms with Gasteiger partial charge in [-0.25, -0.2) is 0 Å². The van der Waals surface area contributed by atoms with Crippen LogP contribution < -0.4 is 11.1 Å². The molecule has 5 nitrogen and oxygen atoms in total. The van der Waals surface area contributed by atoms with Crippen LogP contribution in [0.25, 0.3) is 0 Å². The number of rotatable bonds is 3. The molecule has 1 aliphatic carbocycles. The molecule has 1 aromatic rings. The fraction of sp³-hybridized carbons (Fsp3) is 0.500. The van der Waals surface area contributed by atoms with Gasteiger partial charge in [0.05, 0.1) is 5.56 Å². The number of nitrogens with one attached hydrogen (secondary N) is 1. The molecule has 1 amide bonds. The van der Waals surface area contributed by atoms with Gasteiger partial charge in [0.1, 0.15) is 11.5 Å². The lowest BCUT2D eigenvalue weighted by Gasteiger charge is -2.28. The Labute approximate surface area is 112 Å². The Bertz CT molecular complexity index is 462. The molecule has 1 fully saturated rings. The minimum absolute atomic E-state index is 0.0663. The minimum atomic E-state index is -0.338. The summed E-state index contributed by atoms with van der Waals surface area (Å²) in [6, 6.07) is 4.07. The molecule has 2 rings (SSSR count). The molecule has 0 aliphatic heterocycles. The van der Waals surface area contributed by atoms with Crippen LogP contribution in [0.15, 0.2) is 18.2 Å². The van der Waals surface area contributed by atoms with Crippen molar-refractivity contribution in [3.63, 3.8) is 0 Å². The van der Waals surface area contributed by atoms with E-state index in [0.29, 0.717) is 12.5 Å². The number of phenols is 2. The molecule has 1 aliphatic rings. The van der Waals surface area contributed by atoms with Gasteiger partial charge in [-0.15, -0.1) is 0 Å². The fourth-order valence-corrected chi connectivity index (χ4v) is 2.52. The highest BCUT2D eigenvalue weighted by Gasteiger charge is 2.22. The van der Waals surface area contributed by atoms with Gasteiger partial charge in [-0.05, 0) is 30.9 Å². The lowest BCUT2D eigenvalue weighted by atomic mass is 9.85. The standard InChI is InChI=1S/C14H20N2O3/c15-12-4-2-1-3-9(12)8-16-14(19)11-6-5-10(17)7-13(11)18/h5-7,9,12,17-18H,1-4,8,15H2,(H,16,19). The fourth-order valence-electron chi connectivity index (χ4n) is 2.52. The monoisotopic (exact) mass is 264 g/mol. The third-order valence-corrected chi connectivity index (χ3v) is 3.72. The molecule has 0 heterocycles. The highest BCUT2D eigenvalue weighted by atomic mass is 16.3. The highest BCUT2D eigenvalue weighted by molar-refractivity contribution is 5.96. The molecule has 0 bridgehead atoms. The summed E-state index contributed by atoms with van der Waals surface area (Å²) in [4.78, 5) is 11.9. The second-order valence-corrected chi connectivity index (χ2v) is 5.12. The SMILES string of the molecule is NC1CCCCC1CNC(=O)c1ccc(O)cc1O. The van der Waals surface area contributed by atoms with Crippen LogP contribution in [0.3, 0.4) is 0 Å². The van der Waals surface area contributed by atoms with Crippen molar-refractivity contribution in [2.24, 2.45) is 11.7 Å². The zero-order valence-corrected chi connectivity index (χ0v) is 10.8. The lowest BCUT2D eigenvalue weighted by molar-refractivity contribution is 0.0938. The molecule has 0 aromatic heterocycles. The number of carbonyl (C=O) groups excluding carboxylic acids is 1. The van der Waals surface area contributed by atoms with Gasteiger partial charge < -0.3 is 21.3 Å². The maximum Gasteiger partial charge on any atom is 0.255 e. The predicted molar refractivity (Wildman–Crippen MR) is 72.0 cm³/mol. The van der Waals surface area contributed by atoms with E-state index in [0.717, 1.165) is 31.7 Å². The van der Waals surface area contributed by atoms with Gasteiger partial charge in [0.2, 0.25) is 0 Å². The summed E-state index contributed by atoms with van der Waals surface area (Å²) in [7, 11) is 0. The first kappa shape index (κ1) is 13.7. The van der Waals surface area contributed by atoms with Crippen LogP contribution >= 0.6 is 0 Å². The van der Waals surface area contributed by atoms with E-state index in [-0.39, 0.29) is 29.0 Å². The minimum Gasteiger partial charge on any atom is -0.508 e. The van der Waals surface area contributed by atoms with E-state index in [1.54, 1.807) is 0 Å². The van der Waals surface area contributed by atoms with Crippen molar-refractivity contribution in [2.45, 2.75) is 31.7 Å². The van der Waals surface area contributed by atoms with Crippen LogP contribution in [0.5, 0.6) is 11.5 Å². The number of hydrogen-bond acceptors (Lipinski definition) is 4. The first-order chi connectivity index (χ1) is 9.08. The van der Waals surface area contributed by atoms with Gasteiger partial charge in [0, 0.05) is 18.7 Å². The highest BCUT2D eigenvalue weighted by Crippen LogP contribution is 2.24. The third kappa shape index (κ3) is 3.38. The number of carbonyl (C=O) groups is 1. The molecule has 0 saturated heterocycles. The average Bonchev–Trinajstić information content (AvgIpc) is 2.37. The van der Waals surface area contributed by atoms with Crippen molar-refractivity contribution in [2.75, 3.05) is 6.54 Å². The van der Waals surface area contributed by atoms with Crippen molar-refractivity contribution >= 4 is 5.91 Å². The molecule has 5 heteroatoms. The maximum atomic E-state index is 11.9. The van der Waals surface area contributed by atoms with Crippen molar-refractivity contribution in [3.05, 3.63) is 23.8 Å². The summed E-state index contributed by atoms with van der Waals surface area (Å²) in [6.07, 6.45) is 4.34. The van der Waals surface area contributed by atoms with Gasteiger partial charge in [-0.1, -0.05) is 12.8 Å². The molecular weight excluding hydrogens is 244 g/mol. The number of amides is 1. The second kappa shape index (κ2) is 5.93. The number of benzene rings is 1. The molecule has 19 heavy (non-hydrogen) atoms. The molecule has 2 unspecified atom stereocenters. The summed E-state index contributed by atoms with van der Waals surface area (Å²) in [5, 5.41) is 21.6. The van der Waals surface area contributed by atoms with E-state index >= 15 is 0 Å². The Morgan fingerprint density at radius 3 is 2.74 bits per heavy atom. The van der Waals surface area contributed by atoms with Crippen LogP contribution in [-0.4, -0.2) is 28.7 Å². The van der Waals surface area contributed by atoms with Gasteiger partial charge >= 0.3 is 0 Å². The Balaban J connectivity index is 1.93. The predicted octanol–water partition coefficient (Wildman–Crippen LogP) is 1.35. The Kier molecular flexibility index (Phi) is 4.27. The van der Waals surface area contributed by atoms with E-state index in [1.807, 2.05) is 0 Å². The second-order valence-electron chi connectivity index (χ2n) is 5.12. The number of phenolic OH excluding ortho intramolecular Hbond substituents is 2. The van der Waals surface area contributed by atoms with Crippen LogP contribution in [0, 0.1) is 5.92 Å². The summed E-state index contributed by atoms with van der Waals surface area (Å²) in [5.74, 6) is -0.318. The van der Waals surface area contributed by atoms with Gasteiger partial charge in [-0.2, -0.15) is 0 Å². The lowest BCUT2D eigenvalue weighted by Crippen LogP contribution is -2.41. The average molecular weight is 264 g/mol. The zero-order valence-electron chi connectivity index (χ0n) is 10.8. The molecular formula is C14H20N2O3. The summed E-state index contributed by atoms with van der Waals surface area (Å²) in [6.45, 7) is 0.528. The van der Waals surface area contributed by atoms with Crippen LogP contribution in [0.4, 0.5) is 0 Å². The van der Waals surface area contributed by atoms with Crippen molar-refractivity contribution < 1.29 is 15.0 Å². The van der Waals surface area contributed by atoms with E-state index in [9.17, 15) is 15.0 Å². The first-order valence-corrected chi connectivity index (χ1v) is 6.63. The number of hydrogen-bond donors (Lipinski definition) is 4. The number of aromatic hydroxyl groups is 2. The Hall–Kier alpha value is -1.75. The van der Waals surface area contributed by atoms with E-state index in [1.165, 1.54) is 12.1 Å².